The Kier molecular flexibility index (Phi) is 3.93. The number of aromatic nitrogens is 5. The fourth-order valence-electron chi connectivity index (χ4n) is 2.49. The van der Waals surface area contributed by atoms with Gasteiger partial charge >= 0.3 is 5.69 Å². The second-order valence-corrected chi connectivity index (χ2v) is 6.35. The Labute approximate surface area is 149 Å². The second-order valence-electron chi connectivity index (χ2n) is 5.40. The highest BCUT2D eigenvalue weighted by Gasteiger charge is 2.13. The molecular formula is C16H12N6O3S. The second kappa shape index (κ2) is 6.41. The molecule has 3 aromatic heterocycles. The number of aromatic amines is 2. The molecule has 0 spiro atoms. The summed E-state index contributed by atoms with van der Waals surface area (Å²) in [7, 11) is 0. The van der Waals surface area contributed by atoms with Crippen LogP contribution in [0.2, 0.25) is 0 Å². The highest BCUT2D eigenvalue weighted by atomic mass is 32.1. The molecule has 0 bridgehead atoms. The maximum absolute atomic E-state index is 12.4. The van der Waals surface area contributed by atoms with Crippen molar-refractivity contribution < 1.29 is 4.79 Å². The molecule has 9 nitrogen and oxygen atoms in total. The summed E-state index contributed by atoms with van der Waals surface area (Å²) in [4.78, 5) is 44.3. The Morgan fingerprint density at radius 1 is 1.19 bits per heavy atom. The van der Waals surface area contributed by atoms with E-state index in [1.165, 1.54) is 11.3 Å². The van der Waals surface area contributed by atoms with E-state index in [0.29, 0.717) is 16.7 Å². The smallest absolute Gasteiger partial charge is 0.307 e. The Hall–Kier alpha value is -3.53. The molecule has 0 saturated heterocycles. The minimum atomic E-state index is -0.655. The van der Waals surface area contributed by atoms with Crippen LogP contribution in [-0.4, -0.2) is 30.6 Å². The first-order valence-electron chi connectivity index (χ1n) is 7.60. The predicted molar refractivity (Wildman–Crippen MR) is 97.2 cm³/mol. The van der Waals surface area contributed by atoms with Gasteiger partial charge in [0.05, 0.1) is 15.8 Å². The number of hydrogen-bond acceptors (Lipinski definition) is 6. The highest BCUT2D eigenvalue weighted by Crippen LogP contribution is 2.21. The molecule has 3 N–H and O–H groups in total. The zero-order valence-electron chi connectivity index (χ0n) is 13.2. The van der Waals surface area contributed by atoms with Crippen molar-refractivity contribution in [1.29, 1.82) is 0 Å². The number of hydrogen-bond donors (Lipinski definition) is 3. The van der Waals surface area contributed by atoms with Crippen molar-refractivity contribution >= 4 is 34.1 Å². The van der Waals surface area contributed by atoms with Crippen molar-refractivity contribution in [2.24, 2.45) is 0 Å². The van der Waals surface area contributed by atoms with Crippen molar-refractivity contribution in [2.75, 3.05) is 5.32 Å². The minimum Gasteiger partial charge on any atom is -0.307 e. The summed E-state index contributed by atoms with van der Waals surface area (Å²) < 4.78 is 0.838. The van der Waals surface area contributed by atoms with Crippen LogP contribution in [-0.2, 0) is 11.3 Å². The molecule has 4 aromatic rings. The van der Waals surface area contributed by atoms with Crippen LogP contribution in [0.4, 0.5) is 5.95 Å². The van der Waals surface area contributed by atoms with E-state index in [0.717, 1.165) is 9.44 Å². The van der Waals surface area contributed by atoms with Crippen molar-refractivity contribution in [3.05, 3.63) is 62.6 Å². The Morgan fingerprint density at radius 2 is 2.04 bits per heavy atom. The van der Waals surface area contributed by atoms with E-state index in [1.807, 2.05) is 17.5 Å². The van der Waals surface area contributed by atoms with Crippen LogP contribution >= 0.6 is 11.3 Å². The first-order valence-corrected chi connectivity index (χ1v) is 8.48. The zero-order valence-corrected chi connectivity index (χ0v) is 14.0. The lowest BCUT2D eigenvalue weighted by Gasteiger charge is -2.05. The lowest BCUT2D eigenvalue weighted by atomic mass is 10.2. The first-order chi connectivity index (χ1) is 12.6. The van der Waals surface area contributed by atoms with Crippen LogP contribution in [0.25, 0.3) is 21.6 Å². The quantitative estimate of drug-likeness (QED) is 0.499. The molecule has 0 saturated carbocycles. The molecule has 0 atom stereocenters. The molecule has 0 aliphatic carbocycles. The van der Waals surface area contributed by atoms with E-state index < -0.39 is 23.7 Å². The lowest BCUT2D eigenvalue weighted by Crippen LogP contribution is -2.38. The van der Waals surface area contributed by atoms with E-state index in [1.54, 1.807) is 24.3 Å². The Morgan fingerprint density at radius 3 is 2.85 bits per heavy atom. The number of rotatable bonds is 4. The summed E-state index contributed by atoms with van der Waals surface area (Å²) in [6.45, 7) is -0.443. The number of nitrogens with one attached hydrogen (secondary N) is 3. The third-order valence-electron chi connectivity index (χ3n) is 3.68. The molecular weight excluding hydrogens is 356 g/mol. The molecule has 26 heavy (non-hydrogen) atoms. The molecule has 0 aliphatic rings. The average molecular weight is 368 g/mol. The summed E-state index contributed by atoms with van der Waals surface area (Å²) in [5, 5.41) is 11.3. The monoisotopic (exact) mass is 368 g/mol. The number of carbonyl (C=O) groups excluding carboxylic acids is 1. The summed E-state index contributed by atoms with van der Waals surface area (Å²) in [6.07, 6.45) is 0. The number of fused-ring (bicyclic) bond motifs is 1. The van der Waals surface area contributed by atoms with E-state index in [9.17, 15) is 14.4 Å². The van der Waals surface area contributed by atoms with Gasteiger partial charge < -0.3 is 4.98 Å². The number of para-hydroxylation sites is 1. The SMILES string of the molecule is O=C(Cn1c(=O)[nH]c2ccccc2c1=O)Nc1n[nH]c(-c2cccs2)n1. The molecule has 10 heteroatoms. The standard InChI is InChI=1S/C16H12N6O3S/c23-12(18-15-19-13(20-21-15)11-6-3-7-26-11)8-22-14(24)9-4-1-2-5-10(9)17-16(22)25/h1-7H,8H2,(H,17,25)(H2,18,19,20,21,23). The molecule has 1 amide bonds. The maximum atomic E-state index is 12.4. The number of H-pyrrole nitrogens is 2. The molecule has 0 aliphatic heterocycles. The van der Waals surface area contributed by atoms with Gasteiger partial charge in [-0.05, 0) is 23.6 Å². The van der Waals surface area contributed by atoms with Gasteiger partial charge in [0.1, 0.15) is 6.54 Å². The van der Waals surface area contributed by atoms with E-state index >= 15 is 0 Å². The fraction of sp³-hybridized carbons (Fsp3) is 0.0625. The van der Waals surface area contributed by atoms with Crippen LogP contribution in [0.3, 0.4) is 0 Å². The number of carbonyl (C=O) groups is 1. The van der Waals surface area contributed by atoms with Gasteiger partial charge in [0, 0.05) is 0 Å². The lowest BCUT2D eigenvalue weighted by molar-refractivity contribution is -0.116. The van der Waals surface area contributed by atoms with Gasteiger partial charge in [0.15, 0.2) is 5.82 Å². The predicted octanol–water partition coefficient (Wildman–Crippen LogP) is 1.18. The number of benzene rings is 1. The number of nitrogens with zero attached hydrogens (tertiary/aromatic N) is 3. The fourth-order valence-corrected chi connectivity index (χ4v) is 3.16. The first kappa shape index (κ1) is 16.0. The van der Waals surface area contributed by atoms with Crippen LogP contribution in [0, 0.1) is 0 Å². The average Bonchev–Trinajstić information content (AvgIpc) is 3.30. The van der Waals surface area contributed by atoms with Crippen LogP contribution in [0.5, 0.6) is 0 Å². The van der Waals surface area contributed by atoms with Crippen molar-refractivity contribution in [3.8, 4) is 10.7 Å². The summed E-state index contributed by atoms with van der Waals surface area (Å²) in [5.74, 6) is 0.0179. The van der Waals surface area contributed by atoms with Gasteiger partial charge in [-0.25, -0.2) is 4.79 Å². The van der Waals surface area contributed by atoms with Crippen molar-refractivity contribution in [3.63, 3.8) is 0 Å². The number of amides is 1. The van der Waals surface area contributed by atoms with E-state index in [4.69, 9.17) is 0 Å². The third kappa shape index (κ3) is 2.93. The Balaban J connectivity index is 1.56. The maximum Gasteiger partial charge on any atom is 0.329 e. The van der Waals surface area contributed by atoms with Crippen LogP contribution in [0.1, 0.15) is 0 Å². The van der Waals surface area contributed by atoms with Gasteiger partial charge in [-0.1, -0.05) is 18.2 Å². The molecule has 4 rings (SSSR count). The van der Waals surface area contributed by atoms with Crippen LogP contribution < -0.4 is 16.6 Å². The summed E-state index contributed by atoms with van der Waals surface area (Å²) >= 11 is 1.48. The number of thiophene rings is 1. The molecule has 1 aromatic carbocycles. The van der Waals surface area contributed by atoms with Crippen molar-refractivity contribution in [2.45, 2.75) is 6.54 Å². The largest absolute Gasteiger partial charge is 0.329 e. The normalized spacial score (nSPS) is 10.9. The van der Waals surface area contributed by atoms with Gasteiger partial charge in [0.2, 0.25) is 11.9 Å². The zero-order chi connectivity index (χ0) is 18.1. The summed E-state index contributed by atoms with van der Waals surface area (Å²) in [5.41, 5.74) is -0.763. The van der Waals surface area contributed by atoms with E-state index in [-0.39, 0.29) is 5.95 Å². The topological polar surface area (TPSA) is 126 Å². The molecule has 0 fully saturated rings. The number of anilines is 1. The molecule has 0 radical (unpaired) electrons. The van der Waals surface area contributed by atoms with Gasteiger partial charge in [-0.3, -0.25) is 24.6 Å². The van der Waals surface area contributed by atoms with Gasteiger partial charge in [0.25, 0.3) is 5.56 Å². The van der Waals surface area contributed by atoms with E-state index in [2.05, 4.69) is 25.5 Å². The molecule has 130 valence electrons. The summed E-state index contributed by atoms with van der Waals surface area (Å²) in [6, 6.07) is 10.4. The third-order valence-corrected chi connectivity index (χ3v) is 4.56. The van der Waals surface area contributed by atoms with Crippen LogP contribution in [0.15, 0.2) is 51.4 Å². The molecule has 3 heterocycles. The van der Waals surface area contributed by atoms with Gasteiger partial charge in [-0.2, -0.15) is 4.98 Å². The van der Waals surface area contributed by atoms with Gasteiger partial charge in [-0.15, -0.1) is 16.4 Å². The highest BCUT2D eigenvalue weighted by molar-refractivity contribution is 7.13. The van der Waals surface area contributed by atoms with Crippen molar-refractivity contribution in [1.82, 2.24) is 24.7 Å². The Bertz CT molecular complexity index is 1200. The molecule has 0 unspecified atom stereocenters. The minimum absolute atomic E-state index is 0.0728.